The van der Waals surface area contributed by atoms with Crippen LogP contribution in [0.5, 0.6) is 0 Å². The van der Waals surface area contributed by atoms with Gasteiger partial charge in [0.05, 0.1) is 0 Å². The van der Waals surface area contributed by atoms with Crippen molar-refractivity contribution in [1.82, 2.24) is 15.6 Å². The first-order valence-electron chi connectivity index (χ1n) is 7.56. The molecule has 1 atom stereocenters. The molecule has 1 heterocycles. The Labute approximate surface area is 129 Å². The molecule has 0 unspecified atom stereocenters. The second kappa shape index (κ2) is 9.48. The van der Waals surface area contributed by atoms with E-state index in [1.54, 1.807) is 0 Å². The Morgan fingerprint density at radius 1 is 1.14 bits per heavy atom. The summed E-state index contributed by atoms with van der Waals surface area (Å²) in [5, 5.41) is 9.49. The molecule has 2 aromatic rings. The molecule has 0 amide bonds. The van der Waals surface area contributed by atoms with Crippen LogP contribution in [0.4, 0.5) is 0 Å². The molecule has 21 heavy (non-hydrogen) atoms. The van der Waals surface area contributed by atoms with Crippen molar-refractivity contribution in [2.45, 2.75) is 46.7 Å². The standard InChI is InChI=1S/C17H25N3.CH4/c1-3-8-18-9-6-14(2)20-12-15-4-5-17-13-19-10-7-16(17)11-15;/h4-5,7,10-11,13-14,18,20H,3,6,8-9,12H2,1-2H3;1H4/t14-;/m1./s1. The lowest BCUT2D eigenvalue weighted by Crippen LogP contribution is -2.29. The zero-order valence-electron chi connectivity index (χ0n) is 12.5. The Kier molecular flexibility index (Phi) is 7.95. The molecule has 0 aliphatic carbocycles. The summed E-state index contributed by atoms with van der Waals surface area (Å²) < 4.78 is 0. The first kappa shape index (κ1) is 17.6. The summed E-state index contributed by atoms with van der Waals surface area (Å²) in [6, 6.07) is 9.17. The number of hydrogen-bond acceptors (Lipinski definition) is 3. The van der Waals surface area contributed by atoms with Crippen LogP contribution in [0.1, 0.15) is 39.7 Å². The fourth-order valence-corrected chi connectivity index (χ4v) is 2.26. The topological polar surface area (TPSA) is 37.0 Å². The molecule has 2 rings (SSSR count). The fraction of sp³-hybridized carbons (Fsp3) is 0.500. The summed E-state index contributed by atoms with van der Waals surface area (Å²) in [7, 11) is 0. The molecule has 116 valence electrons. The molecule has 3 nitrogen and oxygen atoms in total. The van der Waals surface area contributed by atoms with Crippen LogP contribution in [0.3, 0.4) is 0 Å². The Morgan fingerprint density at radius 2 is 2.00 bits per heavy atom. The predicted molar refractivity (Wildman–Crippen MR) is 92.6 cm³/mol. The van der Waals surface area contributed by atoms with Crippen LogP contribution in [0.25, 0.3) is 10.8 Å². The van der Waals surface area contributed by atoms with E-state index in [2.05, 4.69) is 53.7 Å². The number of hydrogen-bond donors (Lipinski definition) is 2. The highest BCUT2D eigenvalue weighted by atomic mass is 14.9. The monoisotopic (exact) mass is 287 g/mol. The molecular formula is C18H29N3. The molecule has 0 saturated carbocycles. The van der Waals surface area contributed by atoms with Gasteiger partial charge in [0, 0.05) is 30.4 Å². The van der Waals surface area contributed by atoms with Gasteiger partial charge in [0.2, 0.25) is 0 Å². The number of aromatic nitrogens is 1. The van der Waals surface area contributed by atoms with Gasteiger partial charge in [-0.15, -0.1) is 0 Å². The zero-order valence-corrected chi connectivity index (χ0v) is 12.5. The Hall–Kier alpha value is -1.45. The summed E-state index contributed by atoms with van der Waals surface area (Å²) in [6.07, 6.45) is 6.13. The third-order valence-corrected chi connectivity index (χ3v) is 3.54. The van der Waals surface area contributed by atoms with E-state index in [-0.39, 0.29) is 7.43 Å². The first-order chi connectivity index (χ1) is 9.79. The van der Waals surface area contributed by atoms with Crippen molar-refractivity contribution >= 4 is 10.8 Å². The SMILES string of the molecule is C.CCCNCC[C@@H](C)NCc1ccc2cnccc2c1. The summed E-state index contributed by atoms with van der Waals surface area (Å²) in [5.41, 5.74) is 1.33. The van der Waals surface area contributed by atoms with Crippen LogP contribution in [0.15, 0.2) is 36.7 Å². The van der Waals surface area contributed by atoms with Crippen LogP contribution in [0.2, 0.25) is 0 Å². The molecule has 0 spiro atoms. The highest BCUT2D eigenvalue weighted by Gasteiger charge is 2.02. The third kappa shape index (κ3) is 5.82. The summed E-state index contributed by atoms with van der Waals surface area (Å²) >= 11 is 0. The van der Waals surface area contributed by atoms with E-state index in [1.807, 2.05) is 12.4 Å². The van der Waals surface area contributed by atoms with Crippen LogP contribution in [-0.4, -0.2) is 24.1 Å². The largest absolute Gasteiger partial charge is 0.317 e. The van der Waals surface area contributed by atoms with Gasteiger partial charge in [0.15, 0.2) is 0 Å². The minimum Gasteiger partial charge on any atom is -0.317 e. The lowest BCUT2D eigenvalue weighted by molar-refractivity contribution is 0.492. The van der Waals surface area contributed by atoms with E-state index in [9.17, 15) is 0 Å². The highest BCUT2D eigenvalue weighted by Crippen LogP contribution is 2.14. The molecule has 0 aliphatic heterocycles. The van der Waals surface area contributed by atoms with E-state index in [0.717, 1.165) is 26.1 Å². The van der Waals surface area contributed by atoms with E-state index in [4.69, 9.17) is 0 Å². The van der Waals surface area contributed by atoms with Crippen molar-refractivity contribution in [3.05, 3.63) is 42.2 Å². The van der Waals surface area contributed by atoms with Crippen molar-refractivity contribution in [1.29, 1.82) is 0 Å². The van der Waals surface area contributed by atoms with Crippen LogP contribution in [0, 0.1) is 0 Å². The van der Waals surface area contributed by atoms with E-state index >= 15 is 0 Å². The van der Waals surface area contributed by atoms with Gasteiger partial charge in [-0.25, -0.2) is 0 Å². The van der Waals surface area contributed by atoms with Crippen molar-refractivity contribution < 1.29 is 0 Å². The normalized spacial score (nSPS) is 12.1. The number of rotatable bonds is 8. The molecule has 0 bridgehead atoms. The number of nitrogens with one attached hydrogen (secondary N) is 2. The average Bonchev–Trinajstić information content (AvgIpc) is 2.49. The van der Waals surface area contributed by atoms with Crippen molar-refractivity contribution in [2.75, 3.05) is 13.1 Å². The molecule has 0 fully saturated rings. The number of pyridine rings is 1. The van der Waals surface area contributed by atoms with Crippen molar-refractivity contribution in [3.8, 4) is 0 Å². The van der Waals surface area contributed by atoms with Gasteiger partial charge in [-0.3, -0.25) is 4.98 Å². The predicted octanol–water partition coefficient (Wildman–Crippen LogP) is 3.74. The molecule has 0 aliphatic rings. The average molecular weight is 287 g/mol. The van der Waals surface area contributed by atoms with Gasteiger partial charge >= 0.3 is 0 Å². The van der Waals surface area contributed by atoms with Gasteiger partial charge < -0.3 is 10.6 Å². The maximum Gasteiger partial charge on any atom is 0.0346 e. The molecule has 1 aromatic heterocycles. The van der Waals surface area contributed by atoms with Crippen LogP contribution < -0.4 is 10.6 Å². The lowest BCUT2D eigenvalue weighted by atomic mass is 10.1. The molecular weight excluding hydrogens is 258 g/mol. The molecule has 1 aromatic carbocycles. The van der Waals surface area contributed by atoms with Crippen LogP contribution >= 0.6 is 0 Å². The molecule has 2 N–H and O–H groups in total. The maximum atomic E-state index is 4.14. The number of fused-ring (bicyclic) bond motifs is 1. The smallest absolute Gasteiger partial charge is 0.0346 e. The summed E-state index contributed by atoms with van der Waals surface area (Å²) in [5.74, 6) is 0. The van der Waals surface area contributed by atoms with Gasteiger partial charge in [-0.05, 0) is 55.9 Å². The van der Waals surface area contributed by atoms with E-state index in [1.165, 1.54) is 22.8 Å². The van der Waals surface area contributed by atoms with E-state index in [0.29, 0.717) is 6.04 Å². The maximum absolute atomic E-state index is 4.14. The zero-order chi connectivity index (χ0) is 14.2. The van der Waals surface area contributed by atoms with Gasteiger partial charge in [-0.1, -0.05) is 26.5 Å². The van der Waals surface area contributed by atoms with E-state index < -0.39 is 0 Å². The summed E-state index contributed by atoms with van der Waals surface area (Å²) in [6.45, 7) is 7.58. The van der Waals surface area contributed by atoms with Gasteiger partial charge in [0.25, 0.3) is 0 Å². The molecule has 0 saturated heterocycles. The number of benzene rings is 1. The molecule has 0 radical (unpaired) electrons. The fourth-order valence-electron chi connectivity index (χ4n) is 2.26. The Bertz CT molecular complexity index is 525. The van der Waals surface area contributed by atoms with Gasteiger partial charge in [-0.2, -0.15) is 0 Å². The second-order valence-corrected chi connectivity index (χ2v) is 5.38. The second-order valence-electron chi connectivity index (χ2n) is 5.38. The highest BCUT2D eigenvalue weighted by molar-refractivity contribution is 5.81. The first-order valence-corrected chi connectivity index (χ1v) is 7.56. The van der Waals surface area contributed by atoms with Crippen molar-refractivity contribution in [3.63, 3.8) is 0 Å². The van der Waals surface area contributed by atoms with Crippen molar-refractivity contribution in [2.24, 2.45) is 0 Å². The third-order valence-electron chi connectivity index (χ3n) is 3.54. The minimum atomic E-state index is 0. The lowest BCUT2D eigenvalue weighted by Gasteiger charge is -2.14. The summed E-state index contributed by atoms with van der Waals surface area (Å²) in [4.78, 5) is 4.14. The molecule has 3 heteroatoms. The van der Waals surface area contributed by atoms with Gasteiger partial charge in [0.1, 0.15) is 0 Å². The van der Waals surface area contributed by atoms with Crippen LogP contribution in [-0.2, 0) is 6.54 Å². The quantitative estimate of drug-likeness (QED) is 0.726. The Morgan fingerprint density at radius 3 is 2.81 bits per heavy atom. The minimum absolute atomic E-state index is 0. The number of nitrogens with zero attached hydrogens (tertiary/aromatic N) is 1. The Balaban J connectivity index is 0.00000220.